The van der Waals surface area contributed by atoms with Crippen molar-refractivity contribution >= 4 is 19.8 Å². The van der Waals surface area contributed by atoms with E-state index in [1.807, 2.05) is 0 Å². The van der Waals surface area contributed by atoms with Crippen molar-refractivity contribution in [3.8, 4) is 0 Å². The molecule has 302 valence electrons. The predicted molar refractivity (Wildman–Crippen MR) is 212 cm³/mol. The van der Waals surface area contributed by atoms with Gasteiger partial charge in [-0.25, -0.2) is 4.57 Å². The van der Waals surface area contributed by atoms with Gasteiger partial charge in [-0.15, -0.1) is 0 Å². The molecule has 0 spiro atoms. The number of rotatable bonds is 40. The molecule has 2 N–H and O–H groups in total. The first-order chi connectivity index (χ1) is 24.8. The van der Waals surface area contributed by atoms with Crippen LogP contribution in [0.5, 0.6) is 0 Å². The topological polar surface area (TPSA) is 119 Å². The first-order valence-corrected chi connectivity index (χ1v) is 23.0. The minimum Gasteiger partial charge on any atom is -0.462 e. The number of phosphoric acid groups is 1. The Morgan fingerprint density at radius 2 is 0.824 bits per heavy atom. The molecule has 0 aromatic heterocycles. The first-order valence-electron chi connectivity index (χ1n) is 21.5. The standard InChI is InChI=1S/C42H81O8P/c1-3-5-7-9-11-13-15-17-18-19-20-21-22-23-24-25-27-29-31-33-35-37-42(44)50-40(39-49-51(45,46)47)38-48-41(43)36-34-32-30-28-26-16-14-12-10-8-6-4-2/h17-18,40H,3-16,19-39H2,1-2H3,(H2,45,46,47)/b18-17-/t40-/m1/s1. The summed E-state index contributed by atoms with van der Waals surface area (Å²) in [4.78, 5) is 42.8. The van der Waals surface area contributed by atoms with E-state index in [0.29, 0.717) is 6.42 Å². The number of unbranched alkanes of at least 4 members (excludes halogenated alkanes) is 28. The van der Waals surface area contributed by atoms with E-state index in [4.69, 9.17) is 19.3 Å². The Morgan fingerprint density at radius 1 is 0.490 bits per heavy atom. The molecule has 0 aliphatic heterocycles. The summed E-state index contributed by atoms with van der Waals surface area (Å²) in [6.07, 6.45) is 42.2. The third-order valence-electron chi connectivity index (χ3n) is 9.53. The highest BCUT2D eigenvalue weighted by molar-refractivity contribution is 7.46. The van der Waals surface area contributed by atoms with Crippen LogP contribution in [0.1, 0.15) is 226 Å². The van der Waals surface area contributed by atoms with Crippen LogP contribution in [0.15, 0.2) is 12.2 Å². The van der Waals surface area contributed by atoms with Gasteiger partial charge < -0.3 is 19.3 Å². The molecule has 51 heavy (non-hydrogen) atoms. The average molecular weight is 745 g/mol. The van der Waals surface area contributed by atoms with Gasteiger partial charge in [-0.05, 0) is 38.5 Å². The van der Waals surface area contributed by atoms with E-state index < -0.39 is 32.5 Å². The molecule has 1 atom stereocenters. The van der Waals surface area contributed by atoms with E-state index in [9.17, 15) is 14.2 Å². The molecule has 0 heterocycles. The zero-order valence-corrected chi connectivity index (χ0v) is 34.2. The molecule has 0 radical (unpaired) electrons. The number of esters is 2. The van der Waals surface area contributed by atoms with Gasteiger partial charge in [0.25, 0.3) is 0 Å². The van der Waals surface area contributed by atoms with E-state index in [1.54, 1.807) is 0 Å². The minimum absolute atomic E-state index is 0.216. The zero-order valence-electron chi connectivity index (χ0n) is 33.3. The van der Waals surface area contributed by atoms with Gasteiger partial charge in [0.05, 0.1) is 6.61 Å². The second-order valence-corrected chi connectivity index (χ2v) is 15.9. The molecule has 8 nitrogen and oxygen atoms in total. The lowest BCUT2D eigenvalue weighted by Crippen LogP contribution is -2.29. The summed E-state index contributed by atoms with van der Waals surface area (Å²) in [6.45, 7) is 3.70. The maximum absolute atomic E-state index is 12.4. The Kier molecular flexibility index (Phi) is 37.6. The Hall–Kier alpha value is -1.21. The quantitative estimate of drug-likeness (QED) is 0.0275. The van der Waals surface area contributed by atoms with Gasteiger partial charge in [0.15, 0.2) is 6.10 Å². The van der Waals surface area contributed by atoms with Crippen LogP contribution in [0, 0.1) is 0 Å². The molecule has 0 fully saturated rings. The Balaban J connectivity index is 3.84. The van der Waals surface area contributed by atoms with Gasteiger partial charge in [-0.1, -0.05) is 187 Å². The fourth-order valence-corrected chi connectivity index (χ4v) is 6.67. The average Bonchev–Trinajstić information content (AvgIpc) is 3.10. The van der Waals surface area contributed by atoms with Crippen molar-refractivity contribution in [1.29, 1.82) is 0 Å². The highest BCUT2D eigenvalue weighted by atomic mass is 31.2. The lowest BCUT2D eigenvalue weighted by atomic mass is 10.0. The monoisotopic (exact) mass is 745 g/mol. The van der Waals surface area contributed by atoms with Crippen LogP contribution in [0.3, 0.4) is 0 Å². The van der Waals surface area contributed by atoms with Gasteiger partial charge >= 0.3 is 19.8 Å². The lowest BCUT2D eigenvalue weighted by molar-refractivity contribution is -0.161. The highest BCUT2D eigenvalue weighted by Gasteiger charge is 2.22. The van der Waals surface area contributed by atoms with Gasteiger partial charge in [0, 0.05) is 12.8 Å². The molecule has 0 aromatic carbocycles. The van der Waals surface area contributed by atoms with Crippen LogP contribution in [0.25, 0.3) is 0 Å². The fourth-order valence-electron chi connectivity index (χ4n) is 6.31. The van der Waals surface area contributed by atoms with Gasteiger partial charge in [0.2, 0.25) is 0 Å². The summed E-state index contributed by atoms with van der Waals surface area (Å²) in [6, 6.07) is 0. The summed E-state index contributed by atoms with van der Waals surface area (Å²) in [5.74, 6) is -0.874. The van der Waals surface area contributed by atoms with Crippen LogP contribution in [-0.2, 0) is 28.2 Å². The molecule has 0 bridgehead atoms. The van der Waals surface area contributed by atoms with Crippen molar-refractivity contribution in [2.45, 2.75) is 232 Å². The van der Waals surface area contributed by atoms with Crippen LogP contribution in [-0.4, -0.2) is 41.0 Å². The molecule has 0 aliphatic rings. The number of ether oxygens (including phenoxy) is 2. The van der Waals surface area contributed by atoms with Crippen molar-refractivity contribution < 1.29 is 37.9 Å². The number of carbonyl (C=O) groups excluding carboxylic acids is 2. The molecule has 0 rings (SSSR count). The van der Waals surface area contributed by atoms with Crippen LogP contribution >= 0.6 is 7.82 Å². The summed E-state index contributed by atoms with van der Waals surface area (Å²) in [7, 11) is -4.75. The summed E-state index contributed by atoms with van der Waals surface area (Å²) < 4.78 is 26.4. The van der Waals surface area contributed by atoms with Crippen molar-refractivity contribution in [1.82, 2.24) is 0 Å². The second kappa shape index (κ2) is 38.5. The number of hydrogen-bond acceptors (Lipinski definition) is 6. The maximum Gasteiger partial charge on any atom is 0.469 e. The Bertz CT molecular complexity index is 843. The van der Waals surface area contributed by atoms with Crippen LogP contribution in [0.4, 0.5) is 0 Å². The molecule has 0 aromatic rings. The molecule has 9 heteroatoms. The second-order valence-electron chi connectivity index (χ2n) is 14.7. The molecule has 0 saturated heterocycles. The lowest BCUT2D eigenvalue weighted by Gasteiger charge is -2.18. The number of hydrogen-bond donors (Lipinski definition) is 2. The normalized spacial score (nSPS) is 12.5. The Morgan fingerprint density at radius 3 is 1.20 bits per heavy atom. The summed E-state index contributed by atoms with van der Waals surface area (Å²) in [5.41, 5.74) is 0. The van der Waals surface area contributed by atoms with E-state index in [0.717, 1.165) is 38.5 Å². The number of carbonyl (C=O) groups is 2. The molecule has 0 unspecified atom stereocenters. The SMILES string of the molecule is CCCCCCCC/C=C\CCCCCCCCCCCCCC(=O)O[C@H](COC(=O)CCCCCCCCCCCCCC)COP(=O)(O)O. The Labute approximate surface area is 314 Å². The van der Waals surface area contributed by atoms with E-state index in [1.165, 1.54) is 154 Å². The number of phosphoric ester groups is 1. The van der Waals surface area contributed by atoms with Gasteiger partial charge in [-0.3, -0.25) is 14.1 Å². The van der Waals surface area contributed by atoms with E-state index in [2.05, 4.69) is 30.5 Å². The minimum atomic E-state index is -4.75. The van der Waals surface area contributed by atoms with Crippen molar-refractivity contribution in [2.24, 2.45) is 0 Å². The van der Waals surface area contributed by atoms with Crippen LogP contribution < -0.4 is 0 Å². The van der Waals surface area contributed by atoms with E-state index >= 15 is 0 Å². The van der Waals surface area contributed by atoms with Crippen molar-refractivity contribution in [3.05, 3.63) is 12.2 Å². The first kappa shape index (κ1) is 49.8. The van der Waals surface area contributed by atoms with Crippen LogP contribution in [0.2, 0.25) is 0 Å². The molecular formula is C42H81O8P. The number of allylic oxidation sites excluding steroid dienone is 2. The summed E-state index contributed by atoms with van der Waals surface area (Å²) >= 11 is 0. The maximum atomic E-state index is 12.4. The third-order valence-corrected chi connectivity index (χ3v) is 10.0. The van der Waals surface area contributed by atoms with Gasteiger partial charge in [-0.2, -0.15) is 0 Å². The smallest absolute Gasteiger partial charge is 0.462 e. The molecule has 0 amide bonds. The molecule has 0 aliphatic carbocycles. The molecular weight excluding hydrogens is 663 g/mol. The summed E-state index contributed by atoms with van der Waals surface area (Å²) in [5, 5.41) is 0. The van der Waals surface area contributed by atoms with Crippen molar-refractivity contribution in [3.63, 3.8) is 0 Å². The molecule has 0 saturated carbocycles. The zero-order chi connectivity index (χ0) is 37.5. The van der Waals surface area contributed by atoms with Crippen molar-refractivity contribution in [2.75, 3.05) is 13.2 Å². The highest BCUT2D eigenvalue weighted by Crippen LogP contribution is 2.36. The van der Waals surface area contributed by atoms with Gasteiger partial charge in [0.1, 0.15) is 6.61 Å². The largest absolute Gasteiger partial charge is 0.469 e. The fraction of sp³-hybridized carbons (Fsp3) is 0.905. The van der Waals surface area contributed by atoms with E-state index in [-0.39, 0.29) is 19.4 Å². The third kappa shape index (κ3) is 41.4. The predicted octanol–water partition coefficient (Wildman–Crippen LogP) is 13.0.